The van der Waals surface area contributed by atoms with Crippen LogP contribution in [-0.4, -0.2) is 21.0 Å². The molecule has 0 aliphatic carbocycles. The van der Waals surface area contributed by atoms with Crippen molar-refractivity contribution in [1.82, 2.24) is 9.97 Å². The normalized spacial score (nSPS) is 10.9. The van der Waals surface area contributed by atoms with E-state index in [1.807, 2.05) is 12.1 Å². The molecule has 6 heteroatoms. The van der Waals surface area contributed by atoms with Crippen molar-refractivity contribution >= 4 is 44.5 Å². The van der Waals surface area contributed by atoms with Gasteiger partial charge in [0, 0.05) is 10.0 Å². The molecule has 0 radical (unpaired) electrons. The second kappa shape index (κ2) is 4.92. The largest absolute Gasteiger partial charge is 0.478 e. The van der Waals surface area contributed by atoms with E-state index in [1.54, 1.807) is 18.2 Å². The lowest BCUT2D eigenvalue weighted by atomic mass is 10.2. The molecule has 0 spiro atoms. The summed E-state index contributed by atoms with van der Waals surface area (Å²) >= 11 is 9.40. The zero-order chi connectivity index (χ0) is 14.3. The number of halogens is 2. The Kier molecular flexibility index (Phi) is 3.23. The van der Waals surface area contributed by atoms with Crippen LogP contribution in [0.3, 0.4) is 0 Å². The Labute approximate surface area is 127 Å². The maximum Gasteiger partial charge on any atom is 0.335 e. The number of nitrogens with one attached hydrogen (secondary N) is 1. The molecule has 100 valence electrons. The van der Waals surface area contributed by atoms with Crippen LogP contribution in [0, 0.1) is 0 Å². The van der Waals surface area contributed by atoms with Crippen molar-refractivity contribution in [2.75, 3.05) is 0 Å². The average Bonchev–Trinajstić information content (AvgIpc) is 2.84. The molecule has 0 unspecified atom stereocenters. The molecule has 0 aliphatic rings. The number of fused-ring (bicyclic) bond motifs is 1. The van der Waals surface area contributed by atoms with Crippen LogP contribution in [-0.2, 0) is 0 Å². The Morgan fingerprint density at radius 3 is 2.75 bits per heavy atom. The lowest BCUT2D eigenvalue weighted by Crippen LogP contribution is -1.94. The summed E-state index contributed by atoms with van der Waals surface area (Å²) in [4.78, 5) is 18.5. The molecule has 4 nitrogen and oxygen atoms in total. The van der Waals surface area contributed by atoms with Gasteiger partial charge in [0.1, 0.15) is 5.82 Å². The fourth-order valence-electron chi connectivity index (χ4n) is 1.92. The van der Waals surface area contributed by atoms with E-state index in [-0.39, 0.29) is 5.56 Å². The van der Waals surface area contributed by atoms with Gasteiger partial charge in [0.25, 0.3) is 0 Å². The van der Waals surface area contributed by atoms with E-state index in [4.69, 9.17) is 16.7 Å². The first kappa shape index (κ1) is 13.1. The Balaban J connectivity index is 2.12. The second-order valence-corrected chi connectivity index (χ2v) is 5.51. The highest BCUT2D eigenvalue weighted by Gasteiger charge is 2.09. The van der Waals surface area contributed by atoms with Crippen molar-refractivity contribution in [2.24, 2.45) is 0 Å². The van der Waals surface area contributed by atoms with Crippen molar-refractivity contribution in [2.45, 2.75) is 0 Å². The number of nitrogens with zero attached hydrogens (tertiary/aromatic N) is 1. The smallest absolute Gasteiger partial charge is 0.335 e. The number of aromatic amines is 1. The van der Waals surface area contributed by atoms with Crippen LogP contribution >= 0.6 is 27.5 Å². The van der Waals surface area contributed by atoms with Gasteiger partial charge in [-0.05, 0) is 46.3 Å². The van der Waals surface area contributed by atoms with Crippen LogP contribution < -0.4 is 0 Å². The van der Waals surface area contributed by atoms with Gasteiger partial charge >= 0.3 is 5.97 Å². The van der Waals surface area contributed by atoms with Crippen LogP contribution in [0.4, 0.5) is 0 Å². The van der Waals surface area contributed by atoms with Gasteiger partial charge in [-0.3, -0.25) is 0 Å². The van der Waals surface area contributed by atoms with Gasteiger partial charge in [0.15, 0.2) is 0 Å². The first-order chi connectivity index (χ1) is 9.54. The molecule has 0 amide bonds. The molecule has 2 N–H and O–H groups in total. The number of carboxylic acid groups (broad SMARTS) is 1. The third-order valence-corrected chi connectivity index (χ3v) is 4.15. The Morgan fingerprint density at radius 1 is 1.25 bits per heavy atom. The Morgan fingerprint density at radius 2 is 2.05 bits per heavy atom. The summed E-state index contributed by atoms with van der Waals surface area (Å²) in [7, 11) is 0. The summed E-state index contributed by atoms with van der Waals surface area (Å²) in [5.41, 5.74) is 2.45. The first-order valence-corrected chi connectivity index (χ1v) is 6.90. The third-order valence-electron chi connectivity index (χ3n) is 2.92. The van der Waals surface area contributed by atoms with E-state index in [9.17, 15) is 4.79 Å². The van der Waals surface area contributed by atoms with Crippen molar-refractivity contribution in [3.8, 4) is 11.4 Å². The van der Waals surface area contributed by atoms with Gasteiger partial charge in [-0.1, -0.05) is 17.7 Å². The zero-order valence-corrected chi connectivity index (χ0v) is 12.4. The highest BCUT2D eigenvalue weighted by atomic mass is 79.9. The molecule has 1 heterocycles. The van der Waals surface area contributed by atoms with Gasteiger partial charge in [-0.2, -0.15) is 0 Å². The minimum atomic E-state index is -0.963. The van der Waals surface area contributed by atoms with Crippen LogP contribution in [0.2, 0.25) is 5.02 Å². The molecule has 2 aromatic carbocycles. The highest BCUT2D eigenvalue weighted by molar-refractivity contribution is 9.10. The number of hydrogen-bond acceptors (Lipinski definition) is 2. The lowest BCUT2D eigenvalue weighted by molar-refractivity contribution is 0.0697. The second-order valence-electron chi connectivity index (χ2n) is 4.25. The number of H-pyrrole nitrogens is 1. The number of hydrogen-bond donors (Lipinski definition) is 2. The third kappa shape index (κ3) is 2.30. The topological polar surface area (TPSA) is 66.0 Å². The maximum absolute atomic E-state index is 10.9. The standard InChI is InChI=1S/C14H8BrClN2O2/c15-9-3-1-7(5-10(9)16)13-17-11-4-2-8(14(19)20)6-12(11)18-13/h1-6H,(H,17,18)(H,19,20). The fraction of sp³-hybridized carbons (Fsp3) is 0. The predicted molar refractivity (Wildman–Crippen MR) is 81.2 cm³/mol. The number of benzene rings is 2. The van der Waals surface area contributed by atoms with Crippen molar-refractivity contribution in [3.05, 3.63) is 51.5 Å². The van der Waals surface area contributed by atoms with Crippen molar-refractivity contribution < 1.29 is 9.90 Å². The number of rotatable bonds is 2. The molecule has 3 rings (SSSR count). The van der Waals surface area contributed by atoms with E-state index in [2.05, 4.69) is 25.9 Å². The summed E-state index contributed by atoms with van der Waals surface area (Å²) in [5.74, 6) is -0.313. The summed E-state index contributed by atoms with van der Waals surface area (Å²) in [5, 5.41) is 9.57. The predicted octanol–water partition coefficient (Wildman–Crippen LogP) is 4.34. The Bertz CT molecular complexity index is 829. The lowest BCUT2D eigenvalue weighted by Gasteiger charge is -1.99. The van der Waals surface area contributed by atoms with E-state index >= 15 is 0 Å². The van der Waals surface area contributed by atoms with Crippen molar-refractivity contribution in [3.63, 3.8) is 0 Å². The number of imidazole rings is 1. The minimum Gasteiger partial charge on any atom is -0.478 e. The number of aromatic carboxylic acids is 1. The molecule has 0 aliphatic heterocycles. The molecule has 3 aromatic rings. The monoisotopic (exact) mass is 350 g/mol. The van der Waals surface area contributed by atoms with Crippen LogP contribution in [0.25, 0.3) is 22.4 Å². The molecule has 20 heavy (non-hydrogen) atoms. The summed E-state index contributed by atoms with van der Waals surface area (Å²) < 4.78 is 0.812. The first-order valence-electron chi connectivity index (χ1n) is 5.73. The van der Waals surface area contributed by atoms with Gasteiger partial charge in [-0.15, -0.1) is 0 Å². The molecule has 0 saturated carbocycles. The molecule has 1 aromatic heterocycles. The summed E-state index contributed by atoms with van der Waals surface area (Å²) in [6, 6.07) is 10.3. The highest BCUT2D eigenvalue weighted by Crippen LogP contribution is 2.28. The van der Waals surface area contributed by atoms with Crippen LogP contribution in [0.5, 0.6) is 0 Å². The molecular weight excluding hydrogens is 344 g/mol. The number of aromatic nitrogens is 2. The van der Waals surface area contributed by atoms with Gasteiger partial charge in [-0.25, -0.2) is 9.78 Å². The maximum atomic E-state index is 10.9. The van der Waals surface area contributed by atoms with E-state index in [0.29, 0.717) is 21.9 Å². The molecule has 0 saturated heterocycles. The molecule has 0 fully saturated rings. The average molecular weight is 352 g/mol. The SMILES string of the molecule is O=C(O)c1ccc2nc(-c3ccc(Br)c(Cl)c3)[nH]c2c1. The zero-order valence-electron chi connectivity index (χ0n) is 10.0. The van der Waals surface area contributed by atoms with Crippen LogP contribution in [0.1, 0.15) is 10.4 Å². The van der Waals surface area contributed by atoms with E-state index in [0.717, 1.165) is 10.0 Å². The minimum absolute atomic E-state index is 0.224. The van der Waals surface area contributed by atoms with Crippen LogP contribution in [0.15, 0.2) is 40.9 Å². The summed E-state index contributed by atoms with van der Waals surface area (Å²) in [6.07, 6.45) is 0. The quantitative estimate of drug-likeness (QED) is 0.721. The van der Waals surface area contributed by atoms with Crippen molar-refractivity contribution in [1.29, 1.82) is 0 Å². The fourth-order valence-corrected chi connectivity index (χ4v) is 2.35. The van der Waals surface area contributed by atoms with Gasteiger partial charge in [0.2, 0.25) is 0 Å². The molecule has 0 atom stereocenters. The van der Waals surface area contributed by atoms with Gasteiger partial charge in [0.05, 0.1) is 21.6 Å². The number of carboxylic acids is 1. The summed E-state index contributed by atoms with van der Waals surface area (Å²) in [6.45, 7) is 0. The Hall–Kier alpha value is -1.85. The van der Waals surface area contributed by atoms with E-state index < -0.39 is 5.97 Å². The van der Waals surface area contributed by atoms with Gasteiger partial charge < -0.3 is 10.1 Å². The van der Waals surface area contributed by atoms with E-state index in [1.165, 1.54) is 6.07 Å². The number of carbonyl (C=O) groups is 1. The molecule has 0 bridgehead atoms. The molecular formula is C14H8BrClN2O2.